The van der Waals surface area contributed by atoms with Crippen molar-refractivity contribution in [1.29, 1.82) is 5.26 Å². The molecule has 0 saturated carbocycles. The normalized spacial score (nSPS) is 15.5. The Balaban J connectivity index is 0.00000259. The number of rotatable bonds is 3. The quantitative estimate of drug-likeness (QED) is 0.421. The van der Waals surface area contributed by atoms with Crippen LogP contribution in [-0.4, -0.2) is 44.4 Å². The van der Waals surface area contributed by atoms with Gasteiger partial charge in [-0.1, -0.05) is 0 Å². The van der Waals surface area contributed by atoms with E-state index in [-0.39, 0.29) is 41.0 Å². The smallest absolute Gasteiger partial charge is 0.182 e. The predicted molar refractivity (Wildman–Crippen MR) is 126 cm³/mol. The Morgan fingerprint density at radius 2 is 2.12 bits per heavy atom. The molecule has 0 unspecified atom stereocenters. The van der Waals surface area contributed by atoms with Gasteiger partial charge >= 0.3 is 0 Å². The van der Waals surface area contributed by atoms with E-state index in [0.29, 0.717) is 22.2 Å². The van der Waals surface area contributed by atoms with E-state index >= 15 is 0 Å². The van der Waals surface area contributed by atoms with Gasteiger partial charge in [-0.05, 0) is 37.6 Å². The number of hydrogen-bond acceptors (Lipinski definition) is 7. The molecule has 4 heterocycles. The number of nitrogens with zero attached hydrogens (tertiary/aromatic N) is 5. The molecule has 1 fully saturated rings. The van der Waals surface area contributed by atoms with E-state index in [0.717, 1.165) is 37.1 Å². The molecule has 0 bridgehead atoms. The molecule has 1 saturated heterocycles. The molecule has 10 heteroatoms. The van der Waals surface area contributed by atoms with Crippen molar-refractivity contribution in [2.45, 2.75) is 19.4 Å². The van der Waals surface area contributed by atoms with E-state index < -0.39 is 5.82 Å². The van der Waals surface area contributed by atoms with Gasteiger partial charge in [0, 0.05) is 53.8 Å². The Labute approximate surface area is 195 Å². The lowest BCUT2D eigenvalue weighted by molar-refractivity contribution is 0.469. The summed E-state index contributed by atoms with van der Waals surface area (Å²) in [5.74, 6) is -0.0623. The van der Waals surface area contributed by atoms with Crippen LogP contribution in [0.4, 0.5) is 10.2 Å². The van der Waals surface area contributed by atoms with E-state index in [1.165, 1.54) is 12.1 Å². The van der Waals surface area contributed by atoms with Gasteiger partial charge in [0.2, 0.25) is 0 Å². The lowest BCUT2D eigenvalue weighted by Crippen LogP contribution is -2.26. The number of hydrogen-bond donors (Lipinski definition) is 3. The maximum absolute atomic E-state index is 14.7. The molecule has 0 amide bonds. The molecule has 8 nitrogen and oxygen atoms in total. The van der Waals surface area contributed by atoms with Gasteiger partial charge < -0.3 is 15.7 Å². The van der Waals surface area contributed by atoms with Crippen molar-refractivity contribution in [3.05, 3.63) is 53.6 Å². The second-order valence-electron chi connectivity index (χ2n) is 7.93. The lowest BCUT2D eigenvalue weighted by Gasteiger charge is -2.17. The molecular formula is C23H21ClFN7O. The van der Waals surface area contributed by atoms with E-state index in [1.54, 1.807) is 6.20 Å². The molecule has 3 aromatic heterocycles. The highest BCUT2D eigenvalue weighted by Crippen LogP contribution is 2.38. The number of phenols is 1. The predicted octanol–water partition coefficient (Wildman–Crippen LogP) is 3.67. The van der Waals surface area contributed by atoms with Crippen LogP contribution in [0.3, 0.4) is 0 Å². The number of aromatic hydroxyl groups is 1. The average Bonchev–Trinajstić information content (AvgIpc) is 3.38. The number of nitrogens with one attached hydrogen (secondary N) is 1. The van der Waals surface area contributed by atoms with Gasteiger partial charge in [-0.2, -0.15) is 10.4 Å². The summed E-state index contributed by atoms with van der Waals surface area (Å²) >= 11 is 0. The van der Waals surface area contributed by atoms with Crippen molar-refractivity contribution in [2.24, 2.45) is 5.73 Å². The van der Waals surface area contributed by atoms with Crippen LogP contribution in [0, 0.1) is 24.1 Å². The van der Waals surface area contributed by atoms with E-state index in [2.05, 4.69) is 31.1 Å². The Morgan fingerprint density at radius 1 is 1.30 bits per heavy atom. The third-order valence-electron chi connectivity index (χ3n) is 5.79. The standard InChI is InChI=1S/C23H20FN7O.ClH/c1-12-20-21(13-2-5-19(27-10-13)31-7-6-14(26)11-31)17(9-25)22(28-23(20)30-29-12)16-4-3-15(32)8-18(16)24;/h2-5,8,10,14,32H,6-7,11,26H2,1H3,(H,28,29,30);1H/t14-;/m1./s1. The van der Waals surface area contributed by atoms with Crippen LogP contribution < -0.4 is 10.6 Å². The molecule has 33 heavy (non-hydrogen) atoms. The molecule has 5 rings (SSSR count). The highest BCUT2D eigenvalue weighted by atomic mass is 35.5. The van der Waals surface area contributed by atoms with Gasteiger partial charge in [-0.25, -0.2) is 14.4 Å². The van der Waals surface area contributed by atoms with E-state index in [1.807, 2.05) is 19.1 Å². The Morgan fingerprint density at radius 3 is 2.76 bits per heavy atom. The highest BCUT2D eigenvalue weighted by molar-refractivity contribution is 6.00. The fourth-order valence-electron chi connectivity index (χ4n) is 4.21. The Hall–Kier alpha value is -3.74. The fourth-order valence-corrected chi connectivity index (χ4v) is 4.21. The van der Waals surface area contributed by atoms with Crippen molar-refractivity contribution in [2.75, 3.05) is 18.0 Å². The van der Waals surface area contributed by atoms with Crippen molar-refractivity contribution >= 4 is 29.3 Å². The number of pyridine rings is 2. The van der Waals surface area contributed by atoms with Crippen LogP contribution in [0.5, 0.6) is 5.75 Å². The van der Waals surface area contributed by atoms with Crippen LogP contribution in [-0.2, 0) is 0 Å². The average molecular weight is 466 g/mol. The molecule has 0 radical (unpaired) electrons. The van der Waals surface area contributed by atoms with Crippen molar-refractivity contribution < 1.29 is 9.50 Å². The summed E-state index contributed by atoms with van der Waals surface area (Å²) in [7, 11) is 0. The molecule has 1 aliphatic rings. The zero-order chi connectivity index (χ0) is 22.4. The maximum Gasteiger partial charge on any atom is 0.182 e. The van der Waals surface area contributed by atoms with Crippen LogP contribution in [0.1, 0.15) is 17.7 Å². The maximum atomic E-state index is 14.7. The first-order valence-electron chi connectivity index (χ1n) is 10.2. The number of nitriles is 1. The molecule has 1 aromatic carbocycles. The topological polar surface area (TPSA) is 128 Å². The summed E-state index contributed by atoms with van der Waals surface area (Å²) < 4.78 is 14.7. The minimum atomic E-state index is -0.676. The second kappa shape index (κ2) is 8.65. The molecule has 168 valence electrons. The summed E-state index contributed by atoms with van der Waals surface area (Å²) in [5, 5.41) is 27.5. The first-order valence-corrected chi connectivity index (χ1v) is 10.2. The SMILES string of the molecule is Cc1[nH]nc2nc(-c3ccc(O)cc3F)c(C#N)c(-c3ccc(N4CC[C@@H](N)C4)nc3)c12.Cl. The van der Waals surface area contributed by atoms with Gasteiger partial charge in [0.05, 0.1) is 16.6 Å². The first-order chi connectivity index (χ1) is 15.5. The molecule has 1 atom stereocenters. The van der Waals surface area contributed by atoms with E-state index in [4.69, 9.17) is 5.73 Å². The number of halogens is 2. The van der Waals surface area contributed by atoms with Crippen LogP contribution in [0.15, 0.2) is 36.5 Å². The Kier molecular flexibility index (Phi) is 5.89. The van der Waals surface area contributed by atoms with Crippen molar-refractivity contribution in [3.8, 4) is 34.2 Å². The number of aromatic amines is 1. The summed E-state index contributed by atoms with van der Waals surface area (Å²) in [6, 6.07) is 9.89. The van der Waals surface area contributed by atoms with Crippen LogP contribution >= 0.6 is 12.4 Å². The molecular weight excluding hydrogens is 445 g/mol. The summed E-state index contributed by atoms with van der Waals surface area (Å²) in [6.45, 7) is 3.44. The largest absolute Gasteiger partial charge is 0.508 e. The minimum absolute atomic E-state index is 0. The zero-order valence-corrected chi connectivity index (χ0v) is 18.5. The molecule has 0 spiro atoms. The van der Waals surface area contributed by atoms with Crippen molar-refractivity contribution in [1.82, 2.24) is 20.2 Å². The van der Waals surface area contributed by atoms with Gasteiger partial charge in [-0.15, -0.1) is 12.4 Å². The zero-order valence-electron chi connectivity index (χ0n) is 17.7. The molecule has 0 aliphatic carbocycles. The lowest BCUT2D eigenvalue weighted by atomic mass is 9.94. The van der Waals surface area contributed by atoms with Crippen LogP contribution in [0.25, 0.3) is 33.4 Å². The molecule has 1 aliphatic heterocycles. The monoisotopic (exact) mass is 465 g/mol. The number of benzene rings is 1. The van der Waals surface area contributed by atoms with Gasteiger partial charge in [0.25, 0.3) is 0 Å². The van der Waals surface area contributed by atoms with Gasteiger partial charge in [-0.3, -0.25) is 5.10 Å². The first kappa shape index (κ1) is 22.5. The number of fused-ring (bicyclic) bond motifs is 1. The Bertz CT molecular complexity index is 1380. The number of H-pyrrole nitrogens is 1. The number of phenolic OH excluding ortho intramolecular Hbond substituents is 1. The minimum Gasteiger partial charge on any atom is -0.508 e. The number of nitrogens with two attached hydrogens (primary N) is 1. The third-order valence-corrected chi connectivity index (χ3v) is 5.79. The summed E-state index contributed by atoms with van der Waals surface area (Å²) in [5.41, 5.74) is 8.89. The molecule has 4 aromatic rings. The number of anilines is 1. The van der Waals surface area contributed by atoms with Crippen LogP contribution in [0.2, 0.25) is 0 Å². The van der Waals surface area contributed by atoms with Crippen molar-refractivity contribution in [3.63, 3.8) is 0 Å². The second-order valence-corrected chi connectivity index (χ2v) is 7.93. The summed E-state index contributed by atoms with van der Waals surface area (Å²) in [6.07, 6.45) is 2.63. The number of aryl methyl sites for hydroxylation is 1. The van der Waals surface area contributed by atoms with Gasteiger partial charge in [0.15, 0.2) is 5.65 Å². The number of aromatic nitrogens is 4. The third kappa shape index (κ3) is 3.84. The van der Waals surface area contributed by atoms with E-state index in [9.17, 15) is 14.8 Å². The fraction of sp³-hybridized carbons (Fsp3) is 0.217. The highest BCUT2D eigenvalue weighted by Gasteiger charge is 2.24. The molecule has 4 N–H and O–H groups in total. The summed E-state index contributed by atoms with van der Waals surface area (Å²) in [4.78, 5) is 11.2. The van der Waals surface area contributed by atoms with Gasteiger partial charge in [0.1, 0.15) is 23.5 Å².